The Morgan fingerprint density at radius 3 is 2.86 bits per heavy atom. The lowest BCUT2D eigenvalue weighted by Gasteiger charge is -2.23. The van der Waals surface area contributed by atoms with E-state index in [1.54, 1.807) is 25.6 Å². The highest BCUT2D eigenvalue weighted by Crippen LogP contribution is 2.22. The SMILES string of the molecule is CNC(=O)Cn1cc(Nc2ncc(C)c(NC[C@H]3CCCN3S(C)(=O)=O)n2)cn1. The molecule has 1 saturated heterocycles. The average molecular weight is 423 g/mol. The number of anilines is 3. The Balaban J connectivity index is 1.65. The smallest absolute Gasteiger partial charge is 0.241 e. The van der Waals surface area contributed by atoms with E-state index in [0.29, 0.717) is 30.5 Å². The lowest BCUT2D eigenvalue weighted by atomic mass is 10.2. The zero-order valence-corrected chi connectivity index (χ0v) is 17.5. The van der Waals surface area contributed by atoms with Gasteiger partial charge >= 0.3 is 0 Å². The molecular weight excluding hydrogens is 396 g/mol. The number of carbonyl (C=O) groups excluding carboxylic acids is 1. The van der Waals surface area contributed by atoms with Crippen molar-refractivity contribution in [3.8, 4) is 0 Å². The summed E-state index contributed by atoms with van der Waals surface area (Å²) >= 11 is 0. The number of nitrogens with zero attached hydrogens (tertiary/aromatic N) is 5. The van der Waals surface area contributed by atoms with Crippen LogP contribution in [0.5, 0.6) is 0 Å². The van der Waals surface area contributed by atoms with Gasteiger partial charge in [0.2, 0.25) is 21.9 Å². The summed E-state index contributed by atoms with van der Waals surface area (Å²) in [6.07, 6.45) is 7.88. The van der Waals surface area contributed by atoms with Gasteiger partial charge in [-0.2, -0.15) is 14.4 Å². The van der Waals surface area contributed by atoms with E-state index >= 15 is 0 Å². The number of aryl methyl sites for hydroxylation is 1. The molecule has 3 rings (SSSR count). The Kier molecular flexibility index (Phi) is 6.33. The number of amides is 1. The molecule has 1 atom stereocenters. The maximum atomic E-state index is 11.9. The van der Waals surface area contributed by atoms with E-state index in [2.05, 4.69) is 31.0 Å². The van der Waals surface area contributed by atoms with Crippen molar-refractivity contribution in [1.29, 1.82) is 0 Å². The molecule has 2 aromatic rings. The highest BCUT2D eigenvalue weighted by molar-refractivity contribution is 7.88. The van der Waals surface area contributed by atoms with Crippen molar-refractivity contribution in [2.75, 3.05) is 37.0 Å². The Bertz CT molecular complexity index is 975. The van der Waals surface area contributed by atoms with Gasteiger partial charge in [0.1, 0.15) is 12.4 Å². The number of aromatic nitrogens is 4. The van der Waals surface area contributed by atoms with Gasteiger partial charge in [0, 0.05) is 44.1 Å². The number of carbonyl (C=O) groups is 1. The van der Waals surface area contributed by atoms with E-state index in [1.807, 2.05) is 6.92 Å². The maximum absolute atomic E-state index is 11.9. The van der Waals surface area contributed by atoms with Crippen molar-refractivity contribution in [3.63, 3.8) is 0 Å². The second-order valence-corrected chi connectivity index (χ2v) is 8.94. The molecule has 1 aliphatic rings. The van der Waals surface area contributed by atoms with E-state index in [1.165, 1.54) is 15.2 Å². The van der Waals surface area contributed by atoms with Crippen LogP contribution in [0, 0.1) is 6.92 Å². The molecule has 1 amide bonds. The summed E-state index contributed by atoms with van der Waals surface area (Å²) in [5.41, 5.74) is 1.51. The Hall–Kier alpha value is -2.73. The molecule has 3 N–H and O–H groups in total. The minimum Gasteiger partial charge on any atom is -0.368 e. The lowest BCUT2D eigenvalue weighted by Crippen LogP contribution is -2.39. The van der Waals surface area contributed by atoms with Crippen LogP contribution in [0.1, 0.15) is 18.4 Å². The normalized spacial score (nSPS) is 17.3. The monoisotopic (exact) mass is 422 g/mol. The number of hydrogen-bond donors (Lipinski definition) is 3. The standard InChI is InChI=1S/C17H26N8O3S/c1-12-7-20-17(22-13-8-21-24(10-13)11-15(26)18-2)23-16(12)19-9-14-5-4-6-25(14)29(3,27)28/h7-8,10,14H,4-6,9,11H2,1-3H3,(H,18,26)(H2,19,20,22,23)/t14-/m1/s1. The first kappa shape index (κ1) is 21.0. The van der Waals surface area contributed by atoms with Crippen LogP contribution in [-0.4, -0.2) is 70.8 Å². The first-order chi connectivity index (χ1) is 13.8. The van der Waals surface area contributed by atoms with Crippen LogP contribution in [0.2, 0.25) is 0 Å². The van der Waals surface area contributed by atoms with Crippen molar-refractivity contribution in [2.45, 2.75) is 32.4 Å². The van der Waals surface area contributed by atoms with Crippen LogP contribution >= 0.6 is 0 Å². The molecule has 158 valence electrons. The molecule has 0 aromatic carbocycles. The fraction of sp³-hybridized carbons (Fsp3) is 0.529. The van der Waals surface area contributed by atoms with E-state index in [-0.39, 0.29) is 18.5 Å². The van der Waals surface area contributed by atoms with Crippen LogP contribution in [0.25, 0.3) is 0 Å². The minimum atomic E-state index is -3.21. The van der Waals surface area contributed by atoms with Crippen LogP contribution in [0.3, 0.4) is 0 Å². The zero-order chi connectivity index (χ0) is 21.0. The molecule has 0 spiro atoms. The Labute approximate surface area is 170 Å². The van der Waals surface area contributed by atoms with Gasteiger partial charge in [-0.05, 0) is 19.8 Å². The Morgan fingerprint density at radius 2 is 2.14 bits per heavy atom. The van der Waals surface area contributed by atoms with Crippen molar-refractivity contribution < 1.29 is 13.2 Å². The maximum Gasteiger partial charge on any atom is 0.241 e. The van der Waals surface area contributed by atoms with E-state index < -0.39 is 10.0 Å². The largest absolute Gasteiger partial charge is 0.368 e. The lowest BCUT2D eigenvalue weighted by molar-refractivity contribution is -0.121. The van der Waals surface area contributed by atoms with Crippen molar-refractivity contribution >= 4 is 33.4 Å². The molecule has 11 nitrogen and oxygen atoms in total. The summed E-state index contributed by atoms with van der Waals surface area (Å²) in [7, 11) is -1.64. The molecule has 0 saturated carbocycles. The van der Waals surface area contributed by atoms with Crippen molar-refractivity contribution in [1.82, 2.24) is 29.4 Å². The molecule has 0 radical (unpaired) electrons. The topological polar surface area (TPSA) is 134 Å². The molecule has 12 heteroatoms. The molecule has 1 aliphatic heterocycles. The van der Waals surface area contributed by atoms with Gasteiger partial charge in [-0.25, -0.2) is 13.4 Å². The second kappa shape index (κ2) is 8.74. The zero-order valence-electron chi connectivity index (χ0n) is 16.7. The minimum absolute atomic E-state index is 0.0845. The summed E-state index contributed by atoms with van der Waals surface area (Å²) in [6, 6.07) is -0.0845. The average Bonchev–Trinajstić information content (AvgIpc) is 3.31. The highest BCUT2D eigenvalue weighted by atomic mass is 32.2. The molecule has 0 unspecified atom stereocenters. The van der Waals surface area contributed by atoms with Gasteiger partial charge in [-0.1, -0.05) is 0 Å². The van der Waals surface area contributed by atoms with Gasteiger partial charge in [0.25, 0.3) is 0 Å². The summed E-state index contributed by atoms with van der Waals surface area (Å²) in [4.78, 5) is 20.2. The van der Waals surface area contributed by atoms with E-state index in [0.717, 1.165) is 18.4 Å². The fourth-order valence-corrected chi connectivity index (χ4v) is 4.40. The molecule has 29 heavy (non-hydrogen) atoms. The predicted molar refractivity (Wildman–Crippen MR) is 109 cm³/mol. The van der Waals surface area contributed by atoms with E-state index in [9.17, 15) is 13.2 Å². The first-order valence-corrected chi connectivity index (χ1v) is 11.2. The molecule has 0 aliphatic carbocycles. The van der Waals surface area contributed by atoms with Gasteiger partial charge < -0.3 is 16.0 Å². The summed E-state index contributed by atoms with van der Waals surface area (Å²) in [6.45, 7) is 3.05. The third kappa shape index (κ3) is 5.41. The van der Waals surface area contributed by atoms with Gasteiger partial charge in [0.15, 0.2) is 0 Å². The number of sulfonamides is 1. The van der Waals surface area contributed by atoms with Crippen molar-refractivity contribution in [2.24, 2.45) is 0 Å². The van der Waals surface area contributed by atoms with Crippen LogP contribution in [-0.2, 0) is 21.4 Å². The fourth-order valence-electron chi connectivity index (χ4n) is 3.22. The number of likely N-dealkylation sites (N-methyl/N-ethyl adjacent to an activating group) is 1. The van der Waals surface area contributed by atoms with Crippen LogP contribution in [0.4, 0.5) is 17.5 Å². The number of hydrogen-bond acceptors (Lipinski definition) is 8. The molecule has 0 bridgehead atoms. The van der Waals surface area contributed by atoms with Gasteiger partial charge in [-0.3, -0.25) is 9.48 Å². The molecule has 1 fully saturated rings. The first-order valence-electron chi connectivity index (χ1n) is 9.30. The summed E-state index contributed by atoms with van der Waals surface area (Å²) in [5.74, 6) is 0.873. The third-order valence-electron chi connectivity index (χ3n) is 4.70. The second-order valence-electron chi connectivity index (χ2n) is 7.00. The molecular formula is C17H26N8O3S. The quantitative estimate of drug-likeness (QED) is 0.553. The molecule has 3 heterocycles. The Morgan fingerprint density at radius 1 is 1.34 bits per heavy atom. The molecule has 2 aromatic heterocycles. The predicted octanol–water partition coefficient (Wildman–Crippen LogP) is 0.307. The van der Waals surface area contributed by atoms with Crippen molar-refractivity contribution in [3.05, 3.63) is 24.2 Å². The van der Waals surface area contributed by atoms with Gasteiger partial charge in [-0.15, -0.1) is 0 Å². The third-order valence-corrected chi connectivity index (χ3v) is 6.03. The number of nitrogens with one attached hydrogen (secondary N) is 3. The van der Waals surface area contributed by atoms with E-state index in [4.69, 9.17) is 0 Å². The highest BCUT2D eigenvalue weighted by Gasteiger charge is 2.31. The van der Waals surface area contributed by atoms with Crippen LogP contribution in [0.15, 0.2) is 18.6 Å². The van der Waals surface area contributed by atoms with Crippen LogP contribution < -0.4 is 16.0 Å². The summed E-state index contributed by atoms with van der Waals surface area (Å²) in [5, 5.41) is 13.0. The summed E-state index contributed by atoms with van der Waals surface area (Å²) < 4.78 is 26.8. The number of rotatable bonds is 8. The van der Waals surface area contributed by atoms with Gasteiger partial charge in [0.05, 0.1) is 18.1 Å².